The molecule has 0 radical (unpaired) electrons. The van der Waals surface area contributed by atoms with Crippen LogP contribution < -0.4 is 0 Å². The van der Waals surface area contributed by atoms with E-state index in [1.165, 1.54) is 0 Å². The molecule has 0 heterocycles. The summed E-state index contributed by atoms with van der Waals surface area (Å²) in [7, 11) is 0. The van der Waals surface area contributed by atoms with E-state index in [-0.39, 0.29) is 0 Å². The Bertz CT molecular complexity index is 502. The lowest BCUT2D eigenvalue weighted by Gasteiger charge is -2.55. The summed E-state index contributed by atoms with van der Waals surface area (Å²) >= 11 is 0. The minimum absolute atomic E-state index is 0.621. The summed E-state index contributed by atoms with van der Waals surface area (Å²) in [6.07, 6.45) is 1.86. The van der Waals surface area contributed by atoms with Crippen LogP contribution in [-0.4, -0.2) is 15.3 Å². The zero-order valence-electron chi connectivity index (χ0n) is 11.0. The highest BCUT2D eigenvalue weighted by atomic mass is 16.3. The molecular weight excluding hydrogens is 228 g/mol. The van der Waals surface area contributed by atoms with Crippen LogP contribution >= 0.6 is 0 Å². The van der Waals surface area contributed by atoms with E-state index < -0.39 is 16.8 Å². The Hall–Kier alpha value is -0.900. The van der Waals surface area contributed by atoms with Gasteiger partial charge in [0.25, 0.3) is 0 Å². The number of fused-ring (bicyclic) bond motifs is 6. The van der Waals surface area contributed by atoms with E-state index in [4.69, 9.17) is 0 Å². The predicted molar refractivity (Wildman–Crippen MR) is 66.3 cm³/mol. The fraction of sp³-hybridized carbons (Fsp3) is 0.600. The molecule has 3 unspecified atom stereocenters. The number of rotatable bonds is 0. The smallest absolute Gasteiger partial charge is 0.0914 e. The standard InChI is InChI=1S/C15H18O3/c1-13(16)4-7-10(13)8-5-14(2,17)12(8)9-6-15(3,18)11(7)9/h16-18H,4-6H2,1-3H3. The molecule has 3 aliphatic carbocycles. The van der Waals surface area contributed by atoms with E-state index in [0.717, 1.165) is 33.4 Å². The van der Waals surface area contributed by atoms with Gasteiger partial charge in [-0.3, -0.25) is 0 Å². The first kappa shape index (κ1) is 11.0. The number of aliphatic hydroxyl groups is 3. The lowest BCUT2D eigenvalue weighted by molar-refractivity contribution is -0.0115. The summed E-state index contributed by atoms with van der Waals surface area (Å²) in [5.41, 5.74) is 3.96. The van der Waals surface area contributed by atoms with Crippen LogP contribution in [0.25, 0.3) is 0 Å². The summed E-state index contributed by atoms with van der Waals surface area (Å²) in [5.74, 6) is 0. The SMILES string of the molecule is CC1(O)Cc2c1c1c(c3c2C(C)(O)C3)C(C)(O)C1. The first-order chi connectivity index (χ1) is 8.15. The van der Waals surface area contributed by atoms with Gasteiger partial charge in [-0.2, -0.15) is 0 Å². The third kappa shape index (κ3) is 0.954. The molecule has 1 aromatic carbocycles. The molecule has 0 bridgehead atoms. The average molecular weight is 246 g/mol. The lowest BCUT2D eigenvalue weighted by Crippen LogP contribution is -2.52. The molecule has 3 N–H and O–H groups in total. The van der Waals surface area contributed by atoms with Crippen molar-refractivity contribution in [1.82, 2.24) is 0 Å². The topological polar surface area (TPSA) is 60.7 Å². The molecule has 4 rings (SSSR count). The van der Waals surface area contributed by atoms with E-state index in [9.17, 15) is 15.3 Å². The monoisotopic (exact) mass is 246 g/mol. The van der Waals surface area contributed by atoms with Gasteiger partial charge in [0, 0.05) is 19.3 Å². The Morgan fingerprint density at radius 3 is 1.00 bits per heavy atom. The maximum atomic E-state index is 10.3. The molecule has 1 aromatic rings. The minimum atomic E-state index is -0.781. The van der Waals surface area contributed by atoms with Gasteiger partial charge < -0.3 is 15.3 Å². The van der Waals surface area contributed by atoms with Crippen LogP contribution in [0.1, 0.15) is 54.2 Å². The van der Waals surface area contributed by atoms with Gasteiger partial charge in [0.15, 0.2) is 0 Å². The van der Waals surface area contributed by atoms with Gasteiger partial charge >= 0.3 is 0 Å². The van der Waals surface area contributed by atoms with E-state index in [2.05, 4.69) is 0 Å². The minimum Gasteiger partial charge on any atom is -0.385 e. The molecule has 0 amide bonds. The maximum absolute atomic E-state index is 10.3. The van der Waals surface area contributed by atoms with Gasteiger partial charge in [-0.15, -0.1) is 0 Å². The van der Waals surface area contributed by atoms with E-state index in [1.54, 1.807) is 0 Å². The summed E-state index contributed by atoms with van der Waals surface area (Å²) in [5, 5.41) is 31.0. The summed E-state index contributed by atoms with van der Waals surface area (Å²) in [6, 6.07) is 0. The largest absolute Gasteiger partial charge is 0.385 e. The third-order valence-electron chi connectivity index (χ3n) is 4.99. The number of hydrogen-bond acceptors (Lipinski definition) is 3. The van der Waals surface area contributed by atoms with Crippen LogP contribution in [0.2, 0.25) is 0 Å². The van der Waals surface area contributed by atoms with Gasteiger partial charge in [-0.25, -0.2) is 0 Å². The quantitative estimate of drug-likeness (QED) is 0.639. The van der Waals surface area contributed by atoms with Crippen LogP contribution in [0, 0.1) is 0 Å². The summed E-state index contributed by atoms with van der Waals surface area (Å²) in [4.78, 5) is 0. The van der Waals surface area contributed by atoms with E-state index in [1.807, 2.05) is 20.8 Å². The molecule has 0 aromatic heterocycles. The fourth-order valence-corrected chi connectivity index (χ4v) is 4.38. The first-order valence-electron chi connectivity index (χ1n) is 6.54. The Kier molecular flexibility index (Phi) is 1.54. The van der Waals surface area contributed by atoms with Gasteiger partial charge in [0.05, 0.1) is 16.8 Å². The van der Waals surface area contributed by atoms with Crippen molar-refractivity contribution < 1.29 is 15.3 Å². The highest BCUT2D eigenvalue weighted by Gasteiger charge is 2.56. The lowest BCUT2D eigenvalue weighted by atomic mass is 9.53. The van der Waals surface area contributed by atoms with Crippen molar-refractivity contribution in [2.24, 2.45) is 0 Å². The van der Waals surface area contributed by atoms with E-state index in [0.29, 0.717) is 19.3 Å². The Balaban J connectivity index is 2.06. The Morgan fingerprint density at radius 2 is 0.833 bits per heavy atom. The highest BCUT2D eigenvalue weighted by molar-refractivity contribution is 5.69. The van der Waals surface area contributed by atoms with Gasteiger partial charge in [0.1, 0.15) is 0 Å². The van der Waals surface area contributed by atoms with Crippen molar-refractivity contribution in [2.75, 3.05) is 0 Å². The molecule has 0 saturated carbocycles. The second-order valence-corrected chi connectivity index (χ2v) is 6.91. The predicted octanol–water partition coefficient (Wildman–Crippen LogP) is 0.977. The molecule has 3 aliphatic rings. The average Bonchev–Trinajstić information content (AvgIpc) is 2.11. The van der Waals surface area contributed by atoms with Crippen molar-refractivity contribution in [1.29, 1.82) is 0 Å². The highest BCUT2D eigenvalue weighted by Crippen LogP contribution is 2.59. The van der Waals surface area contributed by atoms with E-state index >= 15 is 0 Å². The molecule has 3 heteroatoms. The Labute approximate surface area is 106 Å². The van der Waals surface area contributed by atoms with Crippen molar-refractivity contribution in [2.45, 2.75) is 56.8 Å². The molecule has 18 heavy (non-hydrogen) atoms. The van der Waals surface area contributed by atoms with Crippen LogP contribution in [0.4, 0.5) is 0 Å². The normalized spacial score (nSPS) is 43.0. The second kappa shape index (κ2) is 2.53. The molecule has 96 valence electrons. The molecule has 0 fully saturated rings. The van der Waals surface area contributed by atoms with Gasteiger partial charge in [0.2, 0.25) is 0 Å². The molecule has 0 spiro atoms. The summed E-state index contributed by atoms with van der Waals surface area (Å²) in [6.45, 7) is 5.47. The number of hydrogen-bond donors (Lipinski definition) is 3. The summed E-state index contributed by atoms with van der Waals surface area (Å²) < 4.78 is 0. The van der Waals surface area contributed by atoms with Gasteiger partial charge in [-0.1, -0.05) is 0 Å². The maximum Gasteiger partial charge on any atom is 0.0914 e. The van der Waals surface area contributed by atoms with Crippen LogP contribution in [0.15, 0.2) is 0 Å². The second-order valence-electron chi connectivity index (χ2n) is 6.91. The molecular formula is C15H18O3. The van der Waals surface area contributed by atoms with Crippen LogP contribution in [-0.2, 0) is 36.1 Å². The zero-order valence-corrected chi connectivity index (χ0v) is 11.0. The fourth-order valence-electron chi connectivity index (χ4n) is 4.38. The first-order valence-corrected chi connectivity index (χ1v) is 6.54. The van der Waals surface area contributed by atoms with Crippen molar-refractivity contribution in [3.63, 3.8) is 0 Å². The zero-order chi connectivity index (χ0) is 13.1. The Morgan fingerprint density at radius 1 is 0.611 bits per heavy atom. The molecule has 0 saturated heterocycles. The molecule has 3 nitrogen and oxygen atoms in total. The van der Waals surface area contributed by atoms with Crippen molar-refractivity contribution in [3.8, 4) is 0 Å². The van der Waals surface area contributed by atoms with Gasteiger partial charge in [-0.05, 0) is 54.2 Å². The number of benzene rings is 1. The molecule has 0 aliphatic heterocycles. The molecule has 3 atom stereocenters. The van der Waals surface area contributed by atoms with Crippen molar-refractivity contribution in [3.05, 3.63) is 33.4 Å². The van der Waals surface area contributed by atoms with Crippen LogP contribution in [0.3, 0.4) is 0 Å². The van der Waals surface area contributed by atoms with Crippen LogP contribution in [0.5, 0.6) is 0 Å². The van der Waals surface area contributed by atoms with Crippen molar-refractivity contribution >= 4 is 0 Å². The third-order valence-corrected chi connectivity index (χ3v) is 4.99.